The van der Waals surface area contributed by atoms with Gasteiger partial charge in [0.15, 0.2) is 0 Å². The van der Waals surface area contributed by atoms with Crippen LogP contribution in [0.3, 0.4) is 0 Å². The highest BCUT2D eigenvalue weighted by atomic mass is 19.1. The lowest BCUT2D eigenvalue weighted by Crippen LogP contribution is -2.22. The van der Waals surface area contributed by atoms with Gasteiger partial charge in [-0.3, -0.25) is 19.9 Å². The maximum Gasteiger partial charge on any atom is 0.259 e. The normalized spacial score (nSPS) is 14.4. The van der Waals surface area contributed by atoms with Crippen LogP contribution < -0.4 is 5.32 Å². The third-order valence-electron chi connectivity index (χ3n) is 4.32. The molecule has 26 heavy (non-hydrogen) atoms. The average molecular weight is 353 g/mol. The first kappa shape index (κ1) is 16.1. The van der Waals surface area contributed by atoms with Crippen LogP contribution in [0.1, 0.15) is 11.1 Å². The maximum atomic E-state index is 13.8. The van der Waals surface area contributed by atoms with Gasteiger partial charge in [0, 0.05) is 40.6 Å². The second kappa shape index (κ2) is 6.18. The van der Waals surface area contributed by atoms with Gasteiger partial charge in [-0.05, 0) is 24.3 Å². The van der Waals surface area contributed by atoms with Crippen LogP contribution in [0, 0.1) is 5.82 Å². The summed E-state index contributed by atoms with van der Waals surface area (Å²) >= 11 is 0. The van der Waals surface area contributed by atoms with Crippen molar-refractivity contribution in [2.45, 2.75) is 6.54 Å². The van der Waals surface area contributed by atoms with Crippen molar-refractivity contribution >= 4 is 33.9 Å². The predicted molar refractivity (Wildman–Crippen MR) is 92.1 cm³/mol. The van der Waals surface area contributed by atoms with Crippen LogP contribution >= 0.6 is 0 Å². The molecule has 0 saturated carbocycles. The number of hydrogen-bond donors (Lipinski definition) is 1. The summed E-state index contributed by atoms with van der Waals surface area (Å²) in [6.07, 6.45) is 4.61. The second-order valence-electron chi connectivity index (χ2n) is 5.86. The fraction of sp³-hybridized carbons (Fsp3) is 0.105. The van der Waals surface area contributed by atoms with Crippen LogP contribution in [0.4, 0.5) is 8.78 Å². The summed E-state index contributed by atoms with van der Waals surface area (Å²) in [4.78, 5) is 28.8. The lowest BCUT2D eigenvalue weighted by Gasteiger charge is -2.03. The van der Waals surface area contributed by atoms with E-state index in [-0.39, 0.29) is 17.7 Å². The number of hydrogen-bond acceptors (Lipinski definition) is 3. The first-order valence-corrected chi connectivity index (χ1v) is 7.95. The summed E-state index contributed by atoms with van der Waals surface area (Å²) in [6, 6.07) is 7.41. The summed E-state index contributed by atoms with van der Waals surface area (Å²) in [5.41, 5.74) is 1.76. The number of fused-ring (bicyclic) bond motifs is 1. The minimum Gasteiger partial charge on any atom is -0.344 e. The van der Waals surface area contributed by atoms with E-state index in [1.54, 1.807) is 29.1 Å². The molecule has 130 valence electrons. The molecule has 5 nitrogen and oxygen atoms in total. The summed E-state index contributed by atoms with van der Waals surface area (Å²) in [6.45, 7) is -0.548. The Labute approximate surface area is 147 Å². The zero-order valence-corrected chi connectivity index (χ0v) is 13.5. The fourth-order valence-corrected chi connectivity index (χ4v) is 3.24. The van der Waals surface area contributed by atoms with Crippen molar-refractivity contribution < 1.29 is 18.4 Å². The minimum absolute atomic E-state index is 0.0627. The third-order valence-corrected chi connectivity index (χ3v) is 4.32. The summed E-state index contributed by atoms with van der Waals surface area (Å²) in [5.74, 6) is -1.59. The molecule has 2 aromatic heterocycles. The van der Waals surface area contributed by atoms with E-state index in [4.69, 9.17) is 0 Å². The van der Waals surface area contributed by atoms with Crippen molar-refractivity contribution in [3.63, 3.8) is 0 Å². The van der Waals surface area contributed by atoms with E-state index in [2.05, 4.69) is 10.3 Å². The van der Waals surface area contributed by atoms with Crippen molar-refractivity contribution in [1.29, 1.82) is 0 Å². The van der Waals surface area contributed by atoms with Crippen molar-refractivity contribution in [3.8, 4) is 0 Å². The number of carbonyl (C=O) groups excluding carboxylic acids is 2. The Morgan fingerprint density at radius 2 is 1.92 bits per heavy atom. The molecule has 1 aromatic carbocycles. The van der Waals surface area contributed by atoms with Gasteiger partial charge in [-0.1, -0.05) is 6.07 Å². The Kier molecular flexibility index (Phi) is 3.84. The molecule has 2 amide bonds. The smallest absolute Gasteiger partial charge is 0.259 e. The number of carbonyl (C=O) groups is 2. The monoisotopic (exact) mass is 353 g/mol. The average Bonchev–Trinajstić information content (AvgIpc) is 3.12. The van der Waals surface area contributed by atoms with E-state index in [9.17, 15) is 18.4 Å². The number of halogens is 2. The molecule has 0 bridgehead atoms. The molecular formula is C19H13F2N3O2. The molecular weight excluding hydrogens is 340 g/mol. The van der Waals surface area contributed by atoms with Gasteiger partial charge >= 0.3 is 0 Å². The highest BCUT2D eigenvalue weighted by Gasteiger charge is 2.34. The molecule has 3 heterocycles. The molecule has 0 unspecified atom stereocenters. The Bertz CT molecular complexity index is 1070. The lowest BCUT2D eigenvalue weighted by atomic mass is 9.97. The molecule has 0 aliphatic carbocycles. The van der Waals surface area contributed by atoms with Crippen LogP contribution in [0.2, 0.25) is 0 Å². The van der Waals surface area contributed by atoms with Crippen molar-refractivity contribution in [3.05, 3.63) is 65.9 Å². The molecule has 1 aliphatic rings. The van der Waals surface area contributed by atoms with E-state index in [0.717, 1.165) is 0 Å². The second-order valence-corrected chi connectivity index (χ2v) is 5.86. The Morgan fingerprint density at radius 1 is 1.12 bits per heavy atom. The zero-order valence-electron chi connectivity index (χ0n) is 13.5. The van der Waals surface area contributed by atoms with Crippen LogP contribution in [-0.4, -0.2) is 28.0 Å². The number of imide groups is 1. The topological polar surface area (TPSA) is 64.0 Å². The number of benzene rings is 1. The molecule has 7 heteroatoms. The number of nitrogens with zero attached hydrogens (tertiary/aromatic N) is 2. The van der Waals surface area contributed by atoms with E-state index < -0.39 is 24.3 Å². The molecule has 1 aliphatic heterocycles. The molecule has 4 rings (SSSR count). The van der Waals surface area contributed by atoms with Crippen molar-refractivity contribution in [2.24, 2.45) is 0 Å². The van der Waals surface area contributed by atoms with Gasteiger partial charge in [-0.25, -0.2) is 8.78 Å². The third kappa shape index (κ3) is 2.48. The number of aromatic nitrogens is 2. The minimum atomic E-state index is -0.611. The van der Waals surface area contributed by atoms with Crippen LogP contribution in [-0.2, 0) is 16.1 Å². The van der Waals surface area contributed by atoms with Crippen molar-refractivity contribution in [1.82, 2.24) is 14.9 Å². The predicted octanol–water partition coefficient (Wildman–Crippen LogP) is 2.71. The van der Waals surface area contributed by atoms with Crippen molar-refractivity contribution in [2.75, 3.05) is 6.67 Å². The maximum absolute atomic E-state index is 13.8. The summed E-state index contributed by atoms with van der Waals surface area (Å²) in [5, 5.41) is 2.72. The Balaban J connectivity index is 2.03. The molecule has 1 N–H and O–H groups in total. The Hall–Kier alpha value is -3.35. The summed E-state index contributed by atoms with van der Waals surface area (Å²) < 4.78 is 28.3. The number of aryl methyl sites for hydroxylation is 1. The van der Waals surface area contributed by atoms with E-state index in [1.165, 1.54) is 24.4 Å². The number of alkyl halides is 1. The summed E-state index contributed by atoms with van der Waals surface area (Å²) in [7, 11) is 0. The van der Waals surface area contributed by atoms with E-state index in [1.807, 2.05) is 0 Å². The highest BCUT2D eigenvalue weighted by Crippen LogP contribution is 2.36. The van der Waals surface area contributed by atoms with Crippen LogP contribution in [0.25, 0.3) is 22.0 Å². The molecule has 0 radical (unpaired) electrons. The first-order chi connectivity index (χ1) is 12.6. The van der Waals surface area contributed by atoms with Crippen LogP contribution in [0.5, 0.6) is 0 Å². The van der Waals surface area contributed by atoms with Crippen LogP contribution in [0.15, 0.2) is 48.9 Å². The molecule has 3 aromatic rings. The fourth-order valence-electron chi connectivity index (χ4n) is 3.24. The molecule has 0 spiro atoms. The molecule has 0 atom stereocenters. The van der Waals surface area contributed by atoms with Gasteiger partial charge in [-0.15, -0.1) is 0 Å². The highest BCUT2D eigenvalue weighted by molar-refractivity contribution is 6.50. The van der Waals surface area contributed by atoms with Gasteiger partial charge in [-0.2, -0.15) is 0 Å². The van der Waals surface area contributed by atoms with E-state index in [0.29, 0.717) is 22.0 Å². The SMILES string of the molecule is O=C1NC(=O)C(c2cn(CCF)c3ccc(F)cc23)=C1c1cccnc1. The van der Waals surface area contributed by atoms with Gasteiger partial charge in [0.2, 0.25) is 0 Å². The number of nitrogens with one attached hydrogen (secondary N) is 1. The van der Waals surface area contributed by atoms with E-state index >= 15 is 0 Å². The first-order valence-electron chi connectivity index (χ1n) is 7.95. The Morgan fingerprint density at radius 3 is 2.65 bits per heavy atom. The molecule has 0 saturated heterocycles. The number of amides is 2. The lowest BCUT2D eigenvalue weighted by molar-refractivity contribution is -0.122. The molecule has 0 fully saturated rings. The standard InChI is InChI=1S/C19H13F2N3O2/c20-5-7-24-10-14(13-8-12(21)3-4-15(13)24)17-16(18(25)23-19(17)26)11-2-1-6-22-9-11/h1-4,6,8-10H,5,7H2,(H,23,25,26). The number of rotatable bonds is 4. The van der Waals surface area contributed by atoms with Gasteiger partial charge in [0.25, 0.3) is 11.8 Å². The van der Waals surface area contributed by atoms with Gasteiger partial charge in [0.05, 0.1) is 17.7 Å². The number of pyridine rings is 1. The van der Waals surface area contributed by atoms with Gasteiger partial charge < -0.3 is 4.57 Å². The quantitative estimate of drug-likeness (QED) is 0.734. The largest absolute Gasteiger partial charge is 0.344 e. The van der Waals surface area contributed by atoms with Gasteiger partial charge in [0.1, 0.15) is 12.5 Å². The zero-order chi connectivity index (χ0) is 18.3.